The molecule has 1 aromatic carbocycles. The van der Waals surface area contributed by atoms with Crippen molar-refractivity contribution in [1.82, 2.24) is 0 Å². The lowest BCUT2D eigenvalue weighted by molar-refractivity contribution is -0.194. The summed E-state index contributed by atoms with van der Waals surface area (Å²) < 4.78 is 12.0. The van der Waals surface area contributed by atoms with Gasteiger partial charge >= 0.3 is 5.97 Å². The molecule has 102 valence electrons. The molecule has 4 nitrogen and oxygen atoms in total. The quantitative estimate of drug-likeness (QED) is 0.890. The molecule has 0 unspecified atom stereocenters. The first kappa shape index (κ1) is 12.6. The van der Waals surface area contributed by atoms with E-state index in [4.69, 9.17) is 9.47 Å². The van der Waals surface area contributed by atoms with Gasteiger partial charge in [-0.2, -0.15) is 0 Å². The van der Waals surface area contributed by atoms with Gasteiger partial charge in [0.2, 0.25) is 0 Å². The summed E-state index contributed by atoms with van der Waals surface area (Å²) in [6.07, 6.45) is 3.05. The van der Waals surface area contributed by atoms with Crippen molar-refractivity contribution in [3.8, 4) is 0 Å². The molecule has 1 aromatic rings. The first-order chi connectivity index (χ1) is 9.06. The molecule has 2 fully saturated rings. The van der Waals surface area contributed by atoms with Crippen molar-refractivity contribution in [2.24, 2.45) is 0 Å². The van der Waals surface area contributed by atoms with Crippen molar-refractivity contribution in [3.63, 3.8) is 0 Å². The van der Waals surface area contributed by atoms with Crippen molar-refractivity contribution in [1.29, 1.82) is 0 Å². The van der Waals surface area contributed by atoms with Crippen LogP contribution in [0.25, 0.3) is 0 Å². The number of aliphatic carboxylic acids is 1. The van der Waals surface area contributed by atoms with Crippen LogP contribution in [0.1, 0.15) is 44.3 Å². The standard InChI is InChI=1S/C15H18O4/c1-14(13(16)17)12(11-7-3-2-4-8-11)18-15(19-14)9-5-6-10-15/h2-4,7-8,12H,5-6,9-10H2,1H3,(H,16,17)/t12-,14+/m1/s1. The summed E-state index contributed by atoms with van der Waals surface area (Å²) in [7, 11) is 0. The molecule has 2 atom stereocenters. The second-order valence-corrected chi connectivity index (χ2v) is 5.54. The van der Waals surface area contributed by atoms with Gasteiger partial charge in [0.1, 0.15) is 6.10 Å². The van der Waals surface area contributed by atoms with E-state index in [2.05, 4.69) is 0 Å². The zero-order valence-corrected chi connectivity index (χ0v) is 11.0. The van der Waals surface area contributed by atoms with E-state index in [1.807, 2.05) is 30.3 Å². The van der Waals surface area contributed by atoms with Gasteiger partial charge in [0.25, 0.3) is 0 Å². The van der Waals surface area contributed by atoms with Crippen LogP contribution in [0.5, 0.6) is 0 Å². The number of benzene rings is 1. The highest BCUT2D eigenvalue weighted by atomic mass is 16.8. The Morgan fingerprint density at radius 1 is 1.26 bits per heavy atom. The summed E-state index contributed by atoms with van der Waals surface area (Å²) in [5.74, 6) is -1.67. The molecular formula is C15H18O4. The highest BCUT2D eigenvalue weighted by Gasteiger charge is 2.59. The van der Waals surface area contributed by atoms with E-state index in [-0.39, 0.29) is 0 Å². The summed E-state index contributed by atoms with van der Waals surface area (Å²) >= 11 is 0. The maximum atomic E-state index is 11.6. The molecule has 1 saturated carbocycles. The van der Waals surface area contributed by atoms with Crippen LogP contribution in [0, 0.1) is 0 Å². The van der Waals surface area contributed by atoms with E-state index in [9.17, 15) is 9.90 Å². The Labute approximate surface area is 112 Å². The summed E-state index contributed by atoms with van der Waals surface area (Å²) in [5.41, 5.74) is -0.456. The lowest BCUT2D eigenvalue weighted by Gasteiger charge is -2.25. The molecule has 1 aliphatic heterocycles. The topological polar surface area (TPSA) is 55.8 Å². The molecular weight excluding hydrogens is 244 g/mol. The molecule has 2 aliphatic rings. The fraction of sp³-hybridized carbons (Fsp3) is 0.533. The van der Waals surface area contributed by atoms with Gasteiger partial charge in [-0.25, -0.2) is 4.79 Å². The average Bonchev–Trinajstić information content (AvgIpc) is 2.97. The Morgan fingerprint density at radius 3 is 2.47 bits per heavy atom. The Balaban J connectivity index is 1.99. The molecule has 0 bridgehead atoms. The van der Waals surface area contributed by atoms with Gasteiger partial charge in [-0.15, -0.1) is 0 Å². The number of hydrogen-bond donors (Lipinski definition) is 1. The highest BCUT2D eigenvalue weighted by Crippen LogP contribution is 2.52. The molecule has 3 rings (SSSR count). The van der Waals surface area contributed by atoms with Crippen molar-refractivity contribution >= 4 is 5.97 Å². The van der Waals surface area contributed by atoms with Gasteiger partial charge in [0.05, 0.1) is 0 Å². The minimum Gasteiger partial charge on any atom is -0.479 e. The van der Waals surface area contributed by atoms with Crippen LogP contribution < -0.4 is 0 Å². The molecule has 1 spiro atoms. The molecule has 4 heteroatoms. The Hall–Kier alpha value is -1.39. The fourth-order valence-electron chi connectivity index (χ4n) is 3.09. The third-order valence-corrected chi connectivity index (χ3v) is 4.12. The third kappa shape index (κ3) is 1.95. The molecule has 1 aliphatic carbocycles. The van der Waals surface area contributed by atoms with Gasteiger partial charge in [0, 0.05) is 12.8 Å². The van der Waals surface area contributed by atoms with Gasteiger partial charge in [-0.05, 0) is 25.3 Å². The van der Waals surface area contributed by atoms with Crippen LogP contribution in [0.4, 0.5) is 0 Å². The largest absolute Gasteiger partial charge is 0.479 e. The number of hydrogen-bond acceptors (Lipinski definition) is 3. The van der Waals surface area contributed by atoms with E-state index >= 15 is 0 Å². The molecule has 0 aromatic heterocycles. The SMILES string of the molecule is C[C@]1(C(=O)O)OC2(CCCC2)O[C@@H]1c1ccccc1. The van der Waals surface area contributed by atoms with Gasteiger partial charge in [-0.1, -0.05) is 30.3 Å². The average molecular weight is 262 g/mol. The smallest absolute Gasteiger partial charge is 0.338 e. The van der Waals surface area contributed by atoms with Crippen LogP contribution in [0.2, 0.25) is 0 Å². The van der Waals surface area contributed by atoms with Crippen molar-refractivity contribution in [3.05, 3.63) is 35.9 Å². The Bertz CT molecular complexity index is 478. The number of carboxylic acids is 1. The maximum Gasteiger partial charge on any atom is 0.338 e. The number of ether oxygens (including phenoxy) is 2. The minimum atomic E-state index is -1.31. The van der Waals surface area contributed by atoms with E-state index in [1.165, 1.54) is 0 Å². The predicted molar refractivity (Wildman–Crippen MR) is 68.6 cm³/mol. The molecule has 1 N–H and O–H groups in total. The first-order valence-electron chi connectivity index (χ1n) is 6.72. The lowest BCUT2D eigenvalue weighted by atomic mass is 9.93. The number of carboxylic acid groups (broad SMARTS) is 1. The van der Waals surface area contributed by atoms with E-state index in [0.717, 1.165) is 31.2 Å². The maximum absolute atomic E-state index is 11.6. The third-order valence-electron chi connectivity index (χ3n) is 4.12. The molecule has 19 heavy (non-hydrogen) atoms. The second-order valence-electron chi connectivity index (χ2n) is 5.54. The van der Waals surface area contributed by atoms with Crippen molar-refractivity contribution in [2.45, 2.75) is 50.1 Å². The molecule has 1 heterocycles. The highest BCUT2D eigenvalue weighted by molar-refractivity contribution is 5.78. The number of carbonyl (C=O) groups is 1. The Morgan fingerprint density at radius 2 is 1.89 bits per heavy atom. The van der Waals surface area contributed by atoms with Crippen LogP contribution in [-0.4, -0.2) is 22.5 Å². The molecule has 0 radical (unpaired) electrons. The zero-order valence-electron chi connectivity index (χ0n) is 11.0. The van der Waals surface area contributed by atoms with Gasteiger partial charge in [-0.3, -0.25) is 0 Å². The lowest BCUT2D eigenvalue weighted by Crippen LogP contribution is -2.41. The normalized spacial score (nSPS) is 32.8. The predicted octanol–water partition coefficient (Wildman–Crippen LogP) is 2.89. The van der Waals surface area contributed by atoms with Gasteiger partial charge < -0.3 is 14.6 Å². The summed E-state index contributed by atoms with van der Waals surface area (Å²) in [5, 5.41) is 9.54. The zero-order chi connectivity index (χ0) is 13.5. The first-order valence-corrected chi connectivity index (χ1v) is 6.72. The molecule has 0 amide bonds. The van der Waals surface area contributed by atoms with E-state index in [1.54, 1.807) is 6.92 Å². The minimum absolute atomic E-state index is 0.552. The summed E-state index contributed by atoms with van der Waals surface area (Å²) in [6.45, 7) is 1.61. The molecule has 1 saturated heterocycles. The second kappa shape index (κ2) is 4.32. The van der Waals surface area contributed by atoms with Crippen LogP contribution in [-0.2, 0) is 14.3 Å². The summed E-state index contributed by atoms with van der Waals surface area (Å²) in [6, 6.07) is 9.47. The monoisotopic (exact) mass is 262 g/mol. The van der Waals surface area contributed by atoms with Crippen molar-refractivity contribution in [2.75, 3.05) is 0 Å². The van der Waals surface area contributed by atoms with Crippen LogP contribution >= 0.6 is 0 Å². The fourth-order valence-corrected chi connectivity index (χ4v) is 3.09. The summed E-state index contributed by atoms with van der Waals surface area (Å²) in [4.78, 5) is 11.6. The van der Waals surface area contributed by atoms with Crippen LogP contribution in [0.3, 0.4) is 0 Å². The van der Waals surface area contributed by atoms with E-state index < -0.39 is 23.5 Å². The van der Waals surface area contributed by atoms with Gasteiger partial charge in [0.15, 0.2) is 11.4 Å². The van der Waals surface area contributed by atoms with E-state index in [0.29, 0.717) is 0 Å². The Kier molecular flexibility index (Phi) is 2.87. The number of rotatable bonds is 2. The van der Waals surface area contributed by atoms with Crippen LogP contribution in [0.15, 0.2) is 30.3 Å². The van der Waals surface area contributed by atoms with Crippen molar-refractivity contribution < 1.29 is 19.4 Å².